The van der Waals surface area contributed by atoms with E-state index in [0.717, 1.165) is 17.7 Å². The number of imide groups is 1. The summed E-state index contributed by atoms with van der Waals surface area (Å²) in [5.74, 6) is -9.06. The smallest absolute Gasteiger partial charge is 0.343 e. The molecule has 26 heteroatoms. The number of nitrogens with zero attached hydrogens (tertiary/aromatic N) is 3. The number of carbonyl (C=O) groups is 10. The minimum Gasteiger partial charge on any atom is -0.480 e. The van der Waals surface area contributed by atoms with Gasteiger partial charge in [0.25, 0.3) is 17.4 Å². The maximum Gasteiger partial charge on any atom is 0.343 e. The lowest BCUT2D eigenvalue weighted by Gasteiger charge is -2.31. The summed E-state index contributed by atoms with van der Waals surface area (Å²) in [4.78, 5) is 149. The number of benzene rings is 3. The van der Waals surface area contributed by atoms with Crippen LogP contribution in [0.4, 0.5) is 4.39 Å². The second-order valence-corrected chi connectivity index (χ2v) is 20.4. The van der Waals surface area contributed by atoms with E-state index in [1.54, 1.807) is 80.6 Å². The summed E-state index contributed by atoms with van der Waals surface area (Å²) in [5, 5.41) is 38.8. The number of rotatable bonds is 24. The lowest BCUT2D eigenvalue weighted by molar-refractivity contribution is -0.172. The first kappa shape index (κ1) is 59.1. The number of aliphatic hydroxyl groups is 1. The Kier molecular flexibility index (Phi) is 17.8. The van der Waals surface area contributed by atoms with Gasteiger partial charge in [-0.3, -0.25) is 52.8 Å². The summed E-state index contributed by atoms with van der Waals surface area (Å²) in [6, 6.07) is 16.9. The minimum absolute atomic E-state index is 0.0125. The number of aromatic nitrogens is 2. The third kappa shape index (κ3) is 12.6. The zero-order valence-corrected chi connectivity index (χ0v) is 45.5. The Morgan fingerprint density at radius 2 is 1.44 bits per heavy atom. The van der Waals surface area contributed by atoms with Gasteiger partial charge in [-0.05, 0) is 60.1 Å². The predicted octanol–water partition coefficient (Wildman–Crippen LogP) is -0.624. The van der Waals surface area contributed by atoms with Gasteiger partial charge in [-0.25, -0.2) is 14.2 Å². The van der Waals surface area contributed by atoms with Crippen LogP contribution in [0.2, 0.25) is 0 Å². The average Bonchev–Trinajstić information content (AvgIpc) is 2.61. The van der Waals surface area contributed by atoms with Crippen molar-refractivity contribution in [2.75, 3.05) is 39.5 Å². The molecule has 0 bridgehead atoms. The molecule has 1 aliphatic carbocycles. The van der Waals surface area contributed by atoms with Gasteiger partial charge in [0.15, 0.2) is 5.60 Å². The Morgan fingerprint density at radius 3 is 2.11 bits per heavy atom. The summed E-state index contributed by atoms with van der Waals surface area (Å²) in [6.07, 6.45) is 1.25. The fraction of sp³-hybridized carbons (Fsp3) is 0.345. The molecular weight excluding hydrogens is 1100 g/mol. The number of ether oxygens (including phenoxy) is 2. The molecule has 5 atom stereocenters. The van der Waals surface area contributed by atoms with Crippen LogP contribution in [0.3, 0.4) is 0 Å². The summed E-state index contributed by atoms with van der Waals surface area (Å²) >= 11 is 0. The molecule has 9 N–H and O–H groups in total. The summed E-state index contributed by atoms with van der Waals surface area (Å²) in [6.45, 7) is -0.611. The highest BCUT2D eigenvalue weighted by molar-refractivity contribution is 6.15. The third-order valence-electron chi connectivity index (χ3n) is 15.1. The van der Waals surface area contributed by atoms with Crippen LogP contribution in [0.5, 0.6) is 0 Å². The highest BCUT2D eigenvalue weighted by Crippen LogP contribution is 2.46. The Morgan fingerprint density at radius 1 is 0.798 bits per heavy atom. The topological polar surface area (TPSA) is 352 Å². The Bertz CT molecular complexity index is 3600. The van der Waals surface area contributed by atoms with Gasteiger partial charge in [-0.1, -0.05) is 67.6 Å². The van der Waals surface area contributed by atoms with Crippen LogP contribution in [0.1, 0.15) is 70.3 Å². The summed E-state index contributed by atoms with van der Waals surface area (Å²) in [5.41, 5.74) is 2.22. The standard InChI is InChI=1S/C58H59FN10O15/c1-3-58(82)36-20-41-52-34(27-68(41)56(80)35(36)28-83-57(58)81)51-38(15-14-33-30(2)37(59)21-39(66-52)50(33)51)67-55(79)43(19-32-12-8-5-9-13-32)84-29-64-45(71)24-62-53(77)40(18-31-10-6-4-7-11-31)65-46(72)25-61-44(70)23-63-54(78)42(22-60-26-49(75)76)69-47(73)16-17-48(69)74/h4-13,16-17,20-21,38,40,42-43,60,82H,3,14-15,18-19,22-29H2,1-2H3,(H,61,70)(H,62,77)(H,63,78)(H,64,71)(H,65,72)(H,67,79)(H,75,76)/t38-,40-,42-,43+,58-/m0/s1. The van der Waals surface area contributed by atoms with Crippen molar-refractivity contribution >= 4 is 70.1 Å². The number of halogens is 1. The number of pyridine rings is 2. The van der Waals surface area contributed by atoms with Crippen molar-refractivity contribution in [3.8, 4) is 11.4 Å². The van der Waals surface area contributed by atoms with E-state index < -0.39 is 140 Å². The van der Waals surface area contributed by atoms with E-state index in [4.69, 9.17) is 19.6 Å². The van der Waals surface area contributed by atoms with Crippen molar-refractivity contribution in [2.45, 2.75) is 88.9 Å². The first-order chi connectivity index (χ1) is 40.3. The Balaban J connectivity index is 0.838. The molecule has 3 aliphatic heterocycles. The van der Waals surface area contributed by atoms with Crippen LogP contribution in [-0.2, 0) is 95.4 Å². The molecule has 8 amide bonds. The second kappa shape index (κ2) is 25.3. The first-order valence-electron chi connectivity index (χ1n) is 26.9. The number of carboxylic acids is 1. The molecule has 5 heterocycles. The third-order valence-corrected chi connectivity index (χ3v) is 15.1. The van der Waals surface area contributed by atoms with Crippen LogP contribution in [0, 0.1) is 12.7 Å². The van der Waals surface area contributed by atoms with Gasteiger partial charge in [0, 0.05) is 54.1 Å². The van der Waals surface area contributed by atoms with Gasteiger partial charge in [0.05, 0.1) is 61.2 Å². The van der Waals surface area contributed by atoms with Crippen molar-refractivity contribution in [3.05, 3.63) is 146 Å². The lowest BCUT2D eigenvalue weighted by Crippen LogP contribution is -2.56. The van der Waals surface area contributed by atoms with Crippen molar-refractivity contribution in [1.29, 1.82) is 0 Å². The number of esters is 1. The number of cyclic esters (lactones) is 1. The fourth-order valence-corrected chi connectivity index (χ4v) is 10.8. The highest BCUT2D eigenvalue weighted by atomic mass is 19.1. The van der Waals surface area contributed by atoms with Gasteiger partial charge in [-0.2, -0.15) is 0 Å². The number of nitrogens with one attached hydrogen (secondary N) is 7. The molecule has 0 saturated heterocycles. The number of amides is 8. The largest absolute Gasteiger partial charge is 0.480 e. The van der Waals surface area contributed by atoms with Crippen LogP contribution >= 0.6 is 0 Å². The molecule has 3 aromatic carbocycles. The van der Waals surface area contributed by atoms with Crippen molar-refractivity contribution in [3.63, 3.8) is 0 Å². The lowest BCUT2D eigenvalue weighted by atomic mass is 9.81. The van der Waals surface area contributed by atoms with Crippen LogP contribution in [0.15, 0.2) is 89.7 Å². The number of carbonyl (C=O) groups excluding carboxylic acids is 9. The van der Waals surface area contributed by atoms with Crippen LogP contribution in [-0.4, -0.2) is 142 Å². The molecule has 25 nitrogen and oxygen atoms in total. The van der Waals surface area contributed by atoms with Crippen molar-refractivity contribution in [2.24, 2.45) is 0 Å². The molecule has 4 aliphatic rings. The number of fused-ring (bicyclic) bond motifs is 5. The molecule has 9 rings (SSSR count). The SMILES string of the molecule is CC[C@@]1(O)C(=O)OCc2c1cc1n(c2=O)Cc2c-1nc1cc(F)c(C)c3c1c2[C@@H](NC(=O)[C@@H](Cc1ccccc1)OCNC(=O)CNC(=O)[C@H](Cc1ccccc1)NC(=O)CNC(=O)CNC(=O)[C@H](CNCC(=O)O)N1C(=O)C=CC1=O)CC3. The van der Waals surface area contributed by atoms with Crippen LogP contribution in [0.25, 0.3) is 22.3 Å². The van der Waals surface area contributed by atoms with Gasteiger partial charge in [0.2, 0.25) is 35.4 Å². The zero-order chi connectivity index (χ0) is 60.0. The normalized spacial score (nSPS) is 17.5. The monoisotopic (exact) mass is 1150 g/mol. The van der Waals surface area contributed by atoms with Crippen molar-refractivity contribution < 1.29 is 72.0 Å². The summed E-state index contributed by atoms with van der Waals surface area (Å²) in [7, 11) is 0. The Labute approximate surface area is 477 Å². The van der Waals surface area contributed by atoms with E-state index in [-0.39, 0.29) is 49.1 Å². The zero-order valence-electron chi connectivity index (χ0n) is 45.5. The van der Waals surface area contributed by atoms with E-state index >= 15 is 4.39 Å². The molecule has 5 aromatic rings. The number of hydrogen-bond donors (Lipinski definition) is 9. The maximum atomic E-state index is 15.6. The molecule has 84 heavy (non-hydrogen) atoms. The maximum absolute atomic E-state index is 15.6. The average molecular weight is 1160 g/mol. The van der Waals surface area contributed by atoms with E-state index in [2.05, 4.69) is 37.2 Å². The molecule has 2 aromatic heterocycles. The molecule has 0 fully saturated rings. The quantitative estimate of drug-likeness (QED) is 0.0207. The molecule has 438 valence electrons. The molecule has 0 unspecified atom stereocenters. The van der Waals surface area contributed by atoms with Crippen LogP contribution < -0.4 is 42.8 Å². The summed E-state index contributed by atoms with van der Waals surface area (Å²) < 4.78 is 28.4. The van der Waals surface area contributed by atoms with Gasteiger partial charge < -0.3 is 61.5 Å². The number of hydrogen-bond acceptors (Lipinski definition) is 16. The van der Waals surface area contributed by atoms with E-state index in [9.17, 15) is 57.8 Å². The second-order valence-electron chi connectivity index (χ2n) is 20.4. The van der Waals surface area contributed by atoms with Crippen molar-refractivity contribution in [1.82, 2.24) is 51.7 Å². The fourth-order valence-electron chi connectivity index (χ4n) is 10.8. The predicted molar refractivity (Wildman–Crippen MR) is 293 cm³/mol. The van der Waals surface area contributed by atoms with Gasteiger partial charge in [-0.15, -0.1) is 0 Å². The number of carboxylic acid groups (broad SMARTS) is 1. The first-order valence-corrected chi connectivity index (χ1v) is 26.9. The van der Waals surface area contributed by atoms with Gasteiger partial charge >= 0.3 is 11.9 Å². The molecule has 0 radical (unpaired) electrons. The Hall–Kier alpha value is -9.53. The van der Waals surface area contributed by atoms with E-state index in [1.165, 1.54) is 10.6 Å². The van der Waals surface area contributed by atoms with E-state index in [0.29, 0.717) is 62.3 Å². The van der Waals surface area contributed by atoms with Gasteiger partial charge in [0.1, 0.15) is 37.3 Å². The number of aryl methyl sites for hydroxylation is 1. The minimum atomic E-state index is -2.09. The van der Waals surface area contributed by atoms with E-state index in [1.807, 2.05) is 0 Å². The molecule has 0 saturated carbocycles. The number of aliphatic carboxylic acids is 1. The molecular formula is C58H59FN10O15. The highest BCUT2D eigenvalue weighted by Gasteiger charge is 2.46. The molecule has 0 spiro atoms.